The van der Waals surface area contributed by atoms with E-state index in [1.165, 1.54) is 0 Å². The van der Waals surface area contributed by atoms with Crippen molar-refractivity contribution in [3.8, 4) is 0 Å². The van der Waals surface area contributed by atoms with E-state index in [1.807, 2.05) is 13.8 Å². The molecule has 6 heteroatoms. The molecule has 3 N–H and O–H groups in total. The van der Waals surface area contributed by atoms with Crippen molar-refractivity contribution in [1.29, 1.82) is 0 Å². The fourth-order valence-corrected chi connectivity index (χ4v) is 1.16. The van der Waals surface area contributed by atoms with Gasteiger partial charge in [0.1, 0.15) is 6.61 Å². The SMILES string of the molecule is CCOC(CCNCCOC(N)=O)OCC. The zero-order valence-corrected chi connectivity index (χ0v) is 10.0. The molecule has 0 aromatic rings. The highest BCUT2D eigenvalue weighted by atomic mass is 16.7. The van der Waals surface area contributed by atoms with Crippen LogP contribution in [0.2, 0.25) is 0 Å². The van der Waals surface area contributed by atoms with Gasteiger partial charge in [-0.1, -0.05) is 0 Å². The van der Waals surface area contributed by atoms with E-state index >= 15 is 0 Å². The van der Waals surface area contributed by atoms with Gasteiger partial charge in [-0.15, -0.1) is 0 Å². The average molecular weight is 234 g/mol. The van der Waals surface area contributed by atoms with Crippen molar-refractivity contribution in [3.05, 3.63) is 0 Å². The lowest BCUT2D eigenvalue weighted by Crippen LogP contribution is -2.28. The summed E-state index contributed by atoms with van der Waals surface area (Å²) >= 11 is 0. The van der Waals surface area contributed by atoms with Gasteiger partial charge < -0.3 is 25.3 Å². The summed E-state index contributed by atoms with van der Waals surface area (Å²) in [6.45, 7) is 6.73. The Bertz CT molecular complexity index is 172. The Morgan fingerprint density at radius 3 is 2.38 bits per heavy atom. The van der Waals surface area contributed by atoms with Crippen molar-refractivity contribution in [2.24, 2.45) is 5.73 Å². The van der Waals surface area contributed by atoms with Crippen LogP contribution in [0.1, 0.15) is 20.3 Å². The van der Waals surface area contributed by atoms with E-state index in [0.29, 0.717) is 19.8 Å². The molecule has 0 spiro atoms. The summed E-state index contributed by atoms with van der Waals surface area (Å²) in [5.41, 5.74) is 4.81. The number of primary amides is 1. The minimum atomic E-state index is -0.747. The summed E-state index contributed by atoms with van der Waals surface area (Å²) in [7, 11) is 0. The molecule has 0 saturated carbocycles. The van der Waals surface area contributed by atoms with E-state index in [1.54, 1.807) is 0 Å². The summed E-state index contributed by atoms with van der Waals surface area (Å²) in [6, 6.07) is 0. The maximum atomic E-state index is 10.2. The monoisotopic (exact) mass is 234 g/mol. The number of carbonyl (C=O) groups is 1. The van der Waals surface area contributed by atoms with Crippen LogP contribution in [0.3, 0.4) is 0 Å². The molecule has 0 aromatic carbocycles. The summed E-state index contributed by atoms with van der Waals surface area (Å²) in [6.07, 6.45) is -0.152. The highest BCUT2D eigenvalue weighted by Crippen LogP contribution is 1.99. The van der Waals surface area contributed by atoms with Crippen LogP contribution in [0.4, 0.5) is 4.79 Å². The van der Waals surface area contributed by atoms with Crippen LogP contribution in [-0.4, -0.2) is 45.3 Å². The molecule has 0 aromatic heterocycles. The van der Waals surface area contributed by atoms with Crippen LogP contribution in [0.25, 0.3) is 0 Å². The Kier molecular flexibility index (Phi) is 10.1. The van der Waals surface area contributed by atoms with Gasteiger partial charge >= 0.3 is 6.09 Å². The van der Waals surface area contributed by atoms with Gasteiger partial charge in [-0.2, -0.15) is 0 Å². The zero-order valence-electron chi connectivity index (χ0n) is 10.0. The predicted octanol–water partition coefficient (Wildman–Crippen LogP) is 0.461. The van der Waals surface area contributed by atoms with E-state index < -0.39 is 6.09 Å². The summed E-state index contributed by atoms with van der Waals surface area (Å²) in [5.74, 6) is 0. The molecule has 0 atom stereocenters. The predicted molar refractivity (Wildman–Crippen MR) is 60.1 cm³/mol. The van der Waals surface area contributed by atoms with Crippen LogP contribution >= 0.6 is 0 Å². The Balaban J connectivity index is 3.35. The second kappa shape index (κ2) is 10.7. The Hall–Kier alpha value is -0.850. The molecular formula is C10H22N2O4. The maximum Gasteiger partial charge on any atom is 0.404 e. The standard InChI is InChI=1S/C10H22N2O4/c1-3-14-9(15-4-2)5-6-12-7-8-16-10(11)13/h9,12H,3-8H2,1-2H3,(H2,11,13). The van der Waals surface area contributed by atoms with Crippen molar-refractivity contribution in [3.63, 3.8) is 0 Å². The third-order valence-electron chi connectivity index (χ3n) is 1.79. The number of carbonyl (C=O) groups excluding carboxylic acids is 1. The molecule has 0 fully saturated rings. The van der Waals surface area contributed by atoms with E-state index in [4.69, 9.17) is 15.2 Å². The number of nitrogens with two attached hydrogens (primary N) is 1. The van der Waals surface area contributed by atoms with Crippen molar-refractivity contribution >= 4 is 6.09 Å². The second-order valence-electron chi connectivity index (χ2n) is 3.05. The molecule has 0 aliphatic rings. The van der Waals surface area contributed by atoms with Crippen LogP contribution in [0.5, 0.6) is 0 Å². The third-order valence-corrected chi connectivity index (χ3v) is 1.79. The van der Waals surface area contributed by atoms with Gasteiger partial charge in [0.05, 0.1) is 0 Å². The Morgan fingerprint density at radius 2 is 1.88 bits per heavy atom. The summed E-state index contributed by atoms with van der Waals surface area (Å²) < 4.78 is 15.3. The number of nitrogens with one attached hydrogen (secondary N) is 1. The van der Waals surface area contributed by atoms with Crippen molar-refractivity contribution in [2.45, 2.75) is 26.6 Å². The van der Waals surface area contributed by atoms with Crippen LogP contribution < -0.4 is 11.1 Å². The normalized spacial score (nSPS) is 10.7. The van der Waals surface area contributed by atoms with Gasteiger partial charge in [-0.3, -0.25) is 0 Å². The molecule has 0 unspecified atom stereocenters. The van der Waals surface area contributed by atoms with Crippen LogP contribution in [0.15, 0.2) is 0 Å². The maximum absolute atomic E-state index is 10.2. The zero-order chi connectivity index (χ0) is 12.2. The van der Waals surface area contributed by atoms with E-state index in [2.05, 4.69) is 10.1 Å². The average Bonchev–Trinajstić information content (AvgIpc) is 2.23. The van der Waals surface area contributed by atoms with Gasteiger partial charge in [0.2, 0.25) is 0 Å². The highest BCUT2D eigenvalue weighted by molar-refractivity contribution is 5.64. The molecule has 0 radical (unpaired) electrons. The Morgan fingerprint density at radius 1 is 1.25 bits per heavy atom. The van der Waals surface area contributed by atoms with Gasteiger partial charge in [0.25, 0.3) is 0 Å². The number of rotatable bonds is 10. The van der Waals surface area contributed by atoms with Crippen molar-refractivity contribution in [1.82, 2.24) is 5.32 Å². The molecule has 1 amide bonds. The summed E-state index contributed by atoms with van der Waals surface area (Å²) in [5, 5.41) is 3.10. The van der Waals surface area contributed by atoms with Crippen molar-refractivity contribution < 1.29 is 19.0 Å². The first-order valence-electron chi connectivity index (χ1n) is 5.56. The molecule has 0 aliphatic heterocycles. The molecular weight excluding hydrogens is 212 g/mol. The van der Waals surface area contributed by atoms with Crippen LogP contribution in [-0.2, 0) is 14.2 Å². The minimum absolute atomic E-state index is 0.167. The van der Waals surface area contributed by atoms with Crippen molar-refractivity contribution in [2.75, 3.05) is 32.9 Å². The fraction of sp³-hybridized carbons (Fsp3) is 0.900. The molecule has 0 heterocycles. The van der Waals surface area contributed by atoms with Gasteiger partial charge in [-0.05, 0) is 13.8 Å². The van der Waals surface area contributed by atoms with Gasteiger partial charge in [0.15, 0.2) is 6.29 Å². The summed E-state index contributed by atoms with van der Waals surface area (Å²) in [4.78, 5) is 10.2. The smallest absolute Gasteiger partial charge is 0.404 e. The lowest BCUT2D eigenvalue weighted by molar-refractivity contribution is -0.138. The van der Waals surface area contributed by atoms with Gasteiger partial charge in [-0.25, -0.2) is 4.79 Å². The number of hydrogen-bond acceptors (Lipinski definition) is 5. The molecule has 96 valence electrons. The lowest BCUT2D eigenvalue weighted by Gasteiger charge is -2.16. The highest BCUT2D eigenvalue weighted by Gasteiger charge is 2.06. The van der Waals surface area contributed by atoms with E-state index in [9.17, 15) is 4.79 Å². The first-order valence-corrected chi connectivity index (χ1v) is 5.56. The molecule has 6 nitrogen and oxygen atoms in total. The second-order valence-corrected chi connectivity index (χ2v) is 3.05. The molecule has 0 aliphatic carbocycles. The Labute approximate surface area is 96.4 Å². The van der Waals surface area contributed by atoms with Gasteiger partial charge in [0, 0.05) is 32.7 Å². The van der Waals surface area contributed by atoms with E-state index in [-0.39, 0.29) is 12.9 Å². The number of hydrogen-bond donors (Lipinski definition) is 2. The molecule has 0 rings (SSSR count). The fourth-order valence-electron chi connectivity index (χ4n) is 1.16. The first-order chi connectivity index (χ1) is 7.70. The van der Waals surface area contributed by atoms with Crippen LogP contribution in [0, 0.1) is 0 Å². The number of amides is 1. The topological polar surface area (TPSA) is 82.8 Å². The molecule has 16 heavy (non-hydrogen) atoms. The first kappa shape index (κ1) is 15.2. The number of ether oxygens (including phenoxy) is 3. The van der Waals surface area contributed by atoms with E-state index in [0.717, 1.165) is 13.0 Å². The molecule has 0 bridgehead atoms. The lowest BCUT2D eigenvalue weighted by atomic mass is 10.4. The largest absolute Gasteiger partial charge is 0.448 e. The molecule has 0 saturated heterocycles. The third kappa shape index (κ3) is 9.70. The minimum Gasteiger partial charge on any atom is -0.448 e. The quantitative estimate of drug-likeness (QED) is 0.424.